The standard InChI is InChI=1S/C15H21NS/c1-4-11(3)15(16-5-2)14-10-12-8-6-7-9-13(12)17-14/h6-11,15-16H,4-5H2,1-3H3. The molecule has 1 heterocycles. The maximum atomic E-state index is 3.62. The lowest BCUT2D eigenvalue weighted by Gasteiger charge is -2.22. The van der Waals surface area contributed by atoms with Gasteiger partial charge in [-0.25, -0.2) is 0 Å². The van der Waals surface area contributed by atoms with Gasteiger partial charge >= 0.3 is 0 Å². The van der Waals surface area contributed by atoms with Crippen LogP contribution in [0.25, 0.3) is 10.1 Å². The first-order valence-electron chi connectivity index (χ1n) is 6.48. The Morgan fingerprint density at radius 2 is 2.00 bits per heavy atom. The van der Waals surface area contributed by atoms with Crippen molar-refractivity contribution < 1.29 is 0 Å². The minimum Gasteiger partial charge on any atom is -0.309 e. The van der Waals surface area contributed by atoms with Gasteiger partial charge in [0.25, 0.3) is 0 Å². The van der Waals surface area contributed by atoms with E-state index in [0.29, 0.717) is 12.0 Å². The van der Waals surface area contributed by atoms with Crippen molar-refractivity contribution in [2.24, 2.45) is 5.92 Å². The topological polar surface area (TPSA) is 12.0 Å². The lowest BCUT2D eigenvalue weighted by Crippen LogP contribution is -2.25. The fraction of sp³-hybridized carbons (Fsp3) is 0.467. The molecule has 0 aliphatic rings. The second-order valence-electron chi connectivity index (χ2n) is 4.61. The zero-order valence-electron chi connectivity index (χ0n) is 10.9. The molecule has 2 heteroatoms. The van der Waals surface area contributed by atoms with Crippen LogP contribution >= 0.6 is 11.3 Å². The molecule has 0 bridgehead atoms. The number of thiophene rings is 1. The molecule has 2 aromatic rings. The predicted molar refractivity (Wildman–Crippen MR) is 77.7 cm³/mol. The molecule has 0 fully saturated rings. The van der Waals surface area contributed by atoms with Crippen LogP contribution in [0.15, 0.2) is 30.3 Å². The molecule has 2 atom stereocenters. The van der Waals surface area contributed by atoms with E-state index < -0.39 is 0 Å². The number of hydrogen-bond acceptors (Lipinski definition) is 2. The highest BCUT2D eigenvalue weighted by Gasteiger charge is 2.18. The molecule has 1 aromatic heterocycles. The lowest BCUT2D eigenvalue weighted by atomic mass is 9.97. The number of nitrogens with one attached hydrogen (secondary N) is 1. The Morgan fingerprint density at radius 1 is 1.24 bits per heavy atom. The fourth-order valence-electron chi connectivity index (χ4n) is 2.19. The highest BCUT2D eigenvalue weighted by molar-refractivity contribution is 7.19. The van der Waals surface area contributed by atoms with Crippen LogP contribution in [0.4, 0.5) is 0 Å². The maximum Gasteiger partial charge on any atom is 0.0441 e. The summed E-state index contributed by atoms with van der Waals surface area (Å²) in [6.07, 6.45) is 1.21. The van der Waals surface area contributed by atoms with E-state index in [9.17, 15) is 0 Å². The molecule has 2 rings (SSSR count). The van der Waals surface area contributed by atoms with Gasteiger partial charge in [0.2, 0.25) is 0 Å². The zero-order valence-corrected chi connectivity index (χ0v) is 11.7. The quantitative estimate of drug-likeness (QED) is 0.814. The number of fused-ring (bicyclic) bond motifs is 1. The largest absolute Gasteiger partial charge is 0.309 e. The Kier molecular flexibility index (Phi) is 4.19. The molecule has 0 amide bonds. The van der Waals surface area contributed by atoms with E-state index >= 15 is 0 Å². The van der Waals surface area contributed by atoms with Crippen molar-refractivity contribution in [1.29, 1.82) is 0 Å². The molecule has 1 N–H and O–H groups in total. The van der Waals surface area contributed by atoms with Crippen molar-refractivity contribution in [2.45, 2.75) is 33.2 Å². The average molecular weight is 247 g/mol. The van der Waals surface area contributed by atoms with Crippen molar-refractivity contribution in [3.8, 4) is 0 Å². The van der Waals surface area contributed by atoms with E-state index in [0.717, 1.165) is 6.54 Å². The highest BCUT2D eigenvalue weighted by atomic mass is 32.1. The molecule has 0 aliphatic heterocycles. The number of benzene rings is 1. The van der Waals surface area contributed by atoms with Gasteiger partial charge in [-0.05, 0) is 30.0 Å². The normalized spacial score (nSPS) is 15.0. The summed E-state index contributed by atoms with van der Waals surface area (Å²) in [5, 5.41) is 4.99. The van der Waals surface area contributed by atoms with E-state index in [-0.39, 0.29) is 0 Å². The molecule has 2 unspecified atom stereocenters. The fourth-order valence-corrected chi connectivity index (χ4v) is 3.47. The Bertz CT molecular complexity index is 441. The number of hydrogen-bond donors (Lipinski definition) is 1. The first kappa shape index (κ1) is 12.6. The molecule has 1 nitrogen and oxygen atoms in total. The van der Waals surface area contributed by atoms with Crippen molar-refractivity contribution in [3.05, 3.63) is 35.2 Å². The van der Waals surface area contributed by atoms with Gasteiger partial charge in [-0.15, -0.1) is 11.3 Å². The summed E-state index contributed by atoms with van der Waals surface area (Å²) in [5.41, 5.74) is 0. The molecule has 0 saturated heterocycles. The monoisotopic (exact) mass is 247 g/mol. The van der Waals surface area contributed by atoms with E-state index in [1.807, 2.05) is 11.3 Å². The van der Waals surface area contributed by atoms with Gasteiger partial charge in [-0.3, -0.25) is 0 Å². The molecule has 0 aliphatic carbocycles. The number of rotatable bonds is 5. The van der Waals surface area contributed by atoms with Gasteiger partial charge < -0.3 is 5.32 Å². The Morgan fingerprint density at radius 3 is 2.65 bits per heavy atom. The molecular weight excluding hydrogens is 226 g/mol. The minimum atomic E-state index is 0.502. The predicted octanol–water partition coefficient (Wildman–Crippen LogP) is 4.60. The third-order valence-electron chi connectivity index (χ3n) is 3.39. The van der Waals surface area contributed by atoms with Crippen LogP contribution in [-0.4, -0.2) is 6.54 Å². The molecular formula is C15H21NS. The summed E-state index contributed by atoms with van der Waals surface area (Å²) < 4.78 is 1.40. The Balaban J connectivity index is 2.34. The Labute approximate surface area is 108 Å². The summed E-state index contributed by atoms with van der Waals surface area (Å²) in [6.45, 7) is 7.81. The molecule has 92 valence electrons. The van der Waals surface area contributed by atoms with Gasteiger partial charge in [0.1, 0.15) is 0 Å². The van der Waals surface area contributed by atoms with E-state index in [4.69, 9.17) is 0 Å². The molecule has 0 radical (unpaired) electrons. The average Bonchev–Trinajstić information content (AvgIpc) is 2.78. The van der Waals surface area contributed by atoms with Gasteiger partial charge in [0.15, 0.2) is 0 Å². The van der Waals surface area contributed by atoms with Crippen LogP contribution in [0.2, 0.25) is 0 Å². The second-order valence-corrected chi connectivity index (χ2v) is 5.72. The summed E-state index contributed by atoms with van der Waals surface area (Å²) in [6, 6.07) is 11.5. The first-order chi connectivity index (χ1) is 8.26. The molecule has 0 spiro atoms. The van der Waals surface area contributed by atoms with Crippen LogP contribution in [0.3, 0.4) is 0 Å². The summed E-state index contributed by atoms with van der Waals surface area (Å²) >= 11 is 1.93. The smallest absolute Gasteiger partial charge is 0.0441 e. The Hall–Kier alpha value is -0.860. The van der Waals surface area contributed by atoms with Gasteiger partial charge in [0.05, 0.1) is 0 Å². The zero-order chi connectivity index (χ0) is 12.3. The summed E-state index contributed by atoms with van der Waals surface area (Å²) in [5.74, 6) is 0.683. The SMILES string of the molecule is CCNC(c1cc2ccccc2s1)C(C)CC. The van der Waals surface area contributed by atoms with Crippen molar-refractivity contribution in [1.82, 2.24) is 5.32 Å². The van der Waals surface area contributed by atoms with Crippen molar-refractivity contribution >= 4 is 21.4 Å². The van der Waals surface area contributed by atoms with Gasteiger partial charge in [0, 0.05) is 15.6 Å². The van der Waals surface area contributed by atoms with Gasteiger partial charge in [-0.2, -0.15) is 0 Å². The third kappa shape index (κ3) is 2.70. The van der Waals surface area contributed by atoms with Crippen molar-refractivity contribution in [3.63, 3.8) is 0 Å². The van der Waals surface area contributed by atoms with Crippen LogP contribution < -0.4 is 5.32 Å². The van der Waals surface area contributed by atoms with Gasteiger partial charge in [-0.1, -0.05) is 45.4 Å². The van der Waals surface area contributed by atoms with Crippen LogP contribution in [0.5, 0.6) is 0 Å². The highest BCUT2D eigenvalue weighted by Crippen LogP contribution is 2.34. The second kappa shape index (κ2) is 5.65. The third-order valence-corrected chi connectivity index (χ3v) is 4.59. The van der Waals surface area contributed by atoms with E-state index in [1.165, 1.54) is 21.4 Å². The van der Waals surface area contributed by atoms with Crippen LogP contribution in [0, 0.1) is 5.92 Å². The summed E-state index contributed by atoms with van der Waals surface area (Å²) in [7, 11) is 0. The molecule has 17 heavy (non-hydrogen) atoms. The first-order valence-corrected chi connectivity index (χ1v) is 7.29. The maximum absolute atomic E-state index is 3.62. The van der Waals surface area contributed by atoms with Crippen LogP contribution in [-0.2, 0) is 0 Å². The van der Waals surface area contributed by atoms with E-state index in [2.05, 4.69) is 56.4 Å². The van der Waals surface area contributed by atoms with Crippen molar-refractivity contribution in [2.75, 3.05) is 6.54 Å². The molecule has 0 saturated carbocycles. The lowest BCUT2D eigenvalue weighted by molar-refractivity contribution is 0.389. The summed E-state index contributed by atoms with van der Waals surface area (Å²) in [4.78, 5) is 1.47. The molecule has 1 aromatic carbocycles. The van der Waals surface area contributed by atoms with Crippen LogP contribution in [0.1, 0.15) is 38.1 Å². The van der Waals surface area contributed by atoms with E-state index in [1.54, 1.807) is 0 Å². The minimum absolute atomic E-state index is 0.502.